The van der Waals surface area contributed by atoms with E-state index in [1.54, 1.807) is 4.68 Å². The van der Waals surface area contributed by atoms with Crippen molar-refractivity contribution in [1.82, 2.24) is 19.7 Å². The second kappa shape index (κ2) is 6.49. The molecular formula is C20H25N5O. The molecule has 0 N–H and O–H groups in total. The first-order valence-electron chi connectivity index (χ1n) is 9.96. The summed E-state index contributed by atoms with van der Waals surface area (Å²) in [5.41, 5.74) is 3.56. The first-order valence-corrected chi connectivity index (χ1v) is 9.96. The molecule has 136 valence electrons. The van der Waals surface area contributed by atoms with Crippen LogP contribution in [0.15, 0.2) is 23.3 Å². The standard InChI is InChI=1S/C20H25N5O/c26-19-10-15-4-1-2-6-18(15)23-25(19)13-17-5-3-9-24(17)20-21-11-16(12-22-20)14-7-8-14/h10-12,14,17H,1-9,13H2. The lowest BCUT2D eigenvalue weighted by molar-refractivity contribution is 0.470. The van der Waals surface area contributed by atoms with Gasteiger partial charge in [0.05, 0.1) is 18.3 Å². The molecule has 1 atom stereocenters. The monoisotopic (exact) mass is 351 g/mol. The Bertz CT molecular complexity index is 855. The number of anilines is 1. The molecule has 3 aliphatic rings. The lowest BCUT2D eigenvalue weighted by atomic mass is 9.97. The number of nitrogens with zero attached hydrogens (tertiary/aromatic N) is 5. The Balaban J connectivity index is 1.36. The third-order valence-corrected chi connectivity index (χ3v) is 6.00. The minimum absolute atomic E-state index is 0.0301. The average molecular weight is 351 g/mol. The molecule has 1 aliphatic heterocycles. The average Bonchev–Trinajstić information content (AvgIpc) is 3.42. The van der Waals surface area contributed by atoms with Gasteiger partial charge in [-0.05, 0) is 68.4 Å². The lowest BCUT2D eigenvalue weighted by Gasteiger charge is -2.25. The molecule has 26 heavy (non-hydrogen) atoms. The quantitative estimate of drug-likeness (QED) is 0.847. The number of rotatable bonds is 4. The van der Waals surface area contributed by atoms with Crippen molar-refractivity contribution in [3.05, 3.63) is 45.6 Å². The van der Waals surface area contributed by atoms with Gasteiger partial charge in [0, 0.05) is 25.0 Å². The maximum atomic E-state index is 12.5. The topological polar surface area (TPSA) is 63.9 Å². The van der Waals surface area contributed by atoms with Gasteiger partial charge in [-0.25, -0.2) is 14.6 Å². The van der Waals surface area contributed by atoms with Crippen LogP contribution in [0.1, 0.15) is 61.3 Å². The normalized spacial score (nSPS) is 22.5. The van der Waals surface area contributed by atoms with Gasteiger partial charge >= 0.3 is 0 Å². The van der Waals surface area contributed by atoms with Crippen molar-refractivity contribution in [2.24, 2.45) is 0 Å². The van der Waals surface area contributed by atoms with Gasteiger partial charge in [0.1, 0.15) is 0 Å². The van der Waals surface area contributed by atoms with E-state index in [1.165, 1.54) is 31.2 Å². The van der Waals surface area contributed by atoms with E-state index in [0.29, 0.717) is 12.5 Å². The van der Waals surface area contributed by atoms with Crippen LogP contribution in [0, 0.1) is 0 Å². The Morgan fingerprint density at radius 1 is 1.04 bits per heavy atom. The highest BCUT2D eigenvalue weighted by atomic mass is 16.1. The van der Waals surface area contributed by atoms with Gasteiger partial charge in [-0.3, -0.25) is 4.79 Å². The fourth-order valence-corrected chi connectivity index (χ4v) is 4.33. The fourth-order valence-electron chi connectivity index (χ4n) is 4.33. The molecule has 2 aromatic heterocycles. The largest absolute Gasteiger partial charge is 0.336 e. The van der Waals surface area contributed by atoms with Crippen LogP contribution in [0.25, 0.3) is 0 Å². The Morgan fingerprint density at radius 2 is 1.85 bits per heavy atom. The van der Waals surface area contributed by atoms with Crippen molar-refractivity contribution < 1.29 is 0 Å². The predicted octanol–water partition coefficient (Wildman–Crippen LogP) is 2.46. The van der Waals surface area contributed by atoms with Crippen molar-refractivity contribution >= 4 is 5.95 Å². The smallest absolute Gasteiger partial charge is 0.267 e. The summed E-state index contributed by atoms with van der Waals surface area (Å²) < 4.78 is 1.67. The van der Waals surface area contributed by atoms with Crippen molar-refractivity contribution in [1.29, 1.82) is 0 Å². The summed E-state index contributed by atoms with van der Waals surface area (Å²) in [7, 11) is 0. The van der Waals surface area contributed by atoms with E-state index in [4.69, 9.17) is 0 Å². The van der Waals surface area contributed by atoms with Crippen LogP contribution in [0.2, 0.25) is 0 Å². The minimum atomic E-state index is 0.0301. The highest BCUT2D eigenvalue weighted by Crippen LogP contribution is 2.39. The van der Waals surface area contributed by atoms with Gasteiger partial charge in [0.2, 0.25) is 5.95 Å². The molecule has 5 rings (SSSR count). The van der Waals surface area contributed by atoms with Crippen LogP contribution in [-0.4, -0.2) is 32.3 Å². The Morgan fingerprint density at radius 3 is 2.65 bits per heavy atom. The van der Waals surface area contributed by atoms with Gasteiger partial charge in [-0.1, -0.05) is 0 Å². The van der Waals surface area contributed by atoms with Crippen molar-refractivity contribution in [2.75, 3.05) is 11.4 Å². The molecule has 6 heteroatoms. The molecule has 1 saturated carbocycles. The van der Waals surface area contributed by atoms with E-state index in [0.717, 1.165) is 49.4 Å². The molecular weight excluding hydrogens is 326 g/mol. The third-order valence-electron chi connectivity index (χ3n) is 6.00. The predicted molar refractivity (Wildman–Crippen MR) is 99.5 cm³/mol. The van der Waals surface area contributed by atoms with Crippen LogP contribution >= 0.6 is 0 Å². The van der Waals surface area contributed by atoms with Crippen LogP contribution in [0.4, 0.5) is 5.95 Å². The Hall–Kier alpha value is -2.24. The summed E-state index contributed by atoms with van der Waals surface area (Å²) >= 11 is 0. The van der Waals surface area contributed by atoms with Crippen molar-refractivity contribution in [3.63, 3.8) is 0 Å². The molecule has 0 amide bonds. The highest BCUT2D eigenvalue weighted by molar-refractivity contribution is 5.34. The first kappa shape index (κ1) is 16.0. The van der Waals surface area contributed by atoms with E-state index in [9.17, 15) is 4.79 Å². The maximum absolute atomic E-state index is 12.5. The molecule has 2 aromatic rings. The van der Waals surface area contributed by atoms with Gasteiger partial charge in [-0.2, -0.15) is 5.10 Å². The van der Waals surface area contributed by atoms with E-state index in [-0.39, 0.29) is 11.6 Å². The van der Waals surface area contributed by atoms with Crippen molar-refractivity contribution in [2.45, 2.75) is 69.9 Å². The minimum Gasteiger partial charge on any atom is -0.336 e. The zero-order valence-electron chi connectivity index (χ0n) is 15.1. The van der Waals surface area contributed by atoms with Gasteiger partial charge in [0.15, 0.2) is 0 Å². The van der Waals surface area contributed by atoms with Gasteiger partial charge < -0.3 is 4.90 Å². The number of hydrogen-bond donors (Lipinski definition) is 0. The second-order valence-electron chi connectivity index (χ2n) is 7.92. The third kappa shape index (κ3) is 3.02. The summed E-state index contributed by atoms with van der Waals surface area (Å²) in [6.07, 6.45) is 13.0. The van der Waals surface area contributed by atoms with E-state index in [1.807, 2.05) is 18.5 Å². The molecule has 0 radical (unpaired) electrons. The molecule has 0 spiro atoms. The molecule has 3 heterocycles. The van der Waals surface area contributed by atoms with Crippen LogP contribution in [0.5, 0.6) is 0 Å². The second-order valence-corrected chi connectivity index (χ2v) is 7.92. The van der Waals surface area contributed by atoms with Crippen LogP contribution in [-0.2, 0) is 19.4 Å². The fraction of sp³-hybridized carbons (Fsp3) is 0.600. The molecule has 1 saturated heterocycles. The van der Waals surface area contributed by atoms with E-state index < -0.39 is 0 Å². The highest BCUT2D eigenvalue weighted by Gasteiger charge is 2.29. The SMILES string of the molecule is O=c1cc2c(nn1CC1CCCN1c1ncc(C3CC3)cn1)CCCC2. The molecule has 2 aliphatic carbocycles. The molecule has 0 bridgehead atoms. The summed E-state index contributed by atoms with van der Waals surface area (Å²) in [4.78, 5) is 24.0. The number of hydrogen-bond acceptors (Lipinski definition) is 5. The summed E-state index contributed by atoms with van der Waals surface area (Å²) in [5.74, 6) is 1.47. The molecule has 2 fully saturated rings. The summed E-state index contributed by atoms with van der Waals surface area (Å²) in [5, 5.41) is 4.69. The number of aryl methyl sites for hydroxylation is 2. The summed E-state index contributed by atoms with van der Waals surface area (Å²) in [6, 6.07) is 2.05. The van der Waals surface area contributed by atoms with E-state index in [2.05, 4.69) is 20.0 Å². The first-order chi connectivity index (χ1) is 12.8. The summed E-state index contributed by atoms with van der Waals surface area (Å²) in [6.45, 7) is 1.58. The Labute approximate surface area is 153 Å². The zero-order valence-corrected chi connectivity index (χ0v) is 15.1. The maximum Gasteiger partial charge on any atom is 0.267 e. The van der Waals surface area contributed by atoms with Gasteiger partial charge in [-0.15, -0.1) is 0 Å². The van der Waals surface area contributed by atoms with Crippen LogP contribution in [0.3, 0.4) is 0 Å². The molecule has 0 aromatic carbocycles. The van der Waals surface area contributed by atoms with Crippen LogP contribution < -0.4 is 10.5 Å². The van der Waals surface area contributed by atoms with E-state index >= 15 is 0 Å². The molecule has 1 unspecified atom stereocenters. The van der Waals surface area contributed by atoms with Crippen molar-refractivity contribution in [3.8, 4) is 0 Å². The number of fused-ring (bicyclic) bond motifs is 1. The lowest BCUT2D eigenvalue weighted by Crippen LogP contribution is -2.38. The van der Waals surface area contributed by atoms with Gasteiger partial charge in [0.25, 0.3) is 5.56 Å². The zero-order chi connectivity index (χ0) is 17.5. The Kier molecular flexibility index (Phi) is 3.98. The number of aromatic nitrogens is 4. The molecule has 6 nitrogen and oxygen atoms in total.